The van der Waals surface area contributed by atoms with Gasteiger partial charge in [-0.3, -0.25) is 4.79 Å². The van der Waals surface area contributed by atoms with Gasteiger partial charge < -0.3 is 5.11 Å². The van der Waals surface area contributed by atoms with Gasteiger partial charge in [-0.2, -0.15) is 4.31 Å². The van der Waals surface area contributed by atoms with Crippen LogP contribution in [0, 0.1) is 11.7 Å². The van der Waals surface area contributed by atoms with Crippen LogP contribution in [-0.2, 0) is 20.6 Å². The van der Waals surface area contributed by atoms with Crippen LogP contribution in [0.25, 0.3) is 0 Å². The third-order valence-corrected chi connectivity index (χ3v) is 5.19. The largest absolute Gasteiger partial charge is 0.480 e. The highest BCUT2D eigenvalue weighted by atomic mass is 35.5. The van der Waals surface area contributed by atoms with Crippen molar-refractivity contribution in [2.45, 2.75) is 18.6 Å². The highest BCUT2D eigenvalue weighted by Gasteiger charge is 2.32. The van der Waals surface area contributed by atoms with Crippen molar-refractivity contribution in [3.8, 4) is 0 Å². The summed E-state index contributed by atoms with van der Waals surface area (Å²) in [5.74, 6) is -2.31. The van der Waals surface area contributed by atoms with Gasteiger partial charge >= 0.3 is 5.97 Å². The SMILES string of the molecule is O=C(O)CN(CC1CC1)S(=O)(=O)Cc1cc(Cl)ccc1F. The Morgan fingerprint density at radius 1 is 1.43 bits per heavy atom. The molecule has 0 saturated heterocycles. The van der Waals surface area contributed by atoms with Crippen molar-refractivity contribution < 1.29 is 22.7 Å². The zero-order valence-corrected chi connectivity index (χ0v) is 12.7. The predicted octanol–water partition coefficient (Wildman–Crippen LogP) is 2.11. The van der Waals surface area contributed by atoms with Gasteiger partial charge in [-0.15, -0.1) is 0 Å². The van der Waals surface area contributed by atoms with Crippen molar-refractivity contribution in [1.29, 1.82) is 0 Å². The van der Waals surface area contributed by atoms with Crippen LogP contribution in [0.4, 0.5) is 4.39 Å². The first-order valence-electron chi connectivity index (χ1n) is 6.41. The Kier molecular flexibility index (Phi) is 4.85. The Hall–Kier alpha value is -1.18. The van der Waals surface area contributed by atoms with Crippen molar-refractivity contribution in [3.63, 3.8) is 0 Å². The first-order chi connectivity index (χ1) is 9.78. The number of carbonyl (C=O) groups is 1. The van der Waals surface area contributed by atoms with E-state index in [1.165, 1.54) is 12.1 Å². The second kappa shape index (κ2) is 6.29. The molecule has 8 heteroatoms. The Morgan fingerprint density at radius 2 is 2.10 bits per heavy atom. The summed E-state index contributed by atoms with van der Waals surface area (Å²) in [5.41, 5.74) is -0.0614. The van der Waals surface area contributed by atoms with Crippen LogP contribution in [-0.4, -0.2) is 36.9 Å². The van der Waals surface area contributed by atoms with Gasteiger partial charge in [-0.25, -0.2) is 12.8 Å². The molecule has 0 amide bonds. The number of carboxylic acid groups (broad SMARTS) is 1. The van der Waals surface area contributed by atoms with Gasteiger partial charge in [0.25, 0.3) is 0 Å². The summed E-state index contributed by atoms with van der Waals surface area (Å²) in [5, 5.41) is 9.07. The highest BCUT2D eigenvalue weighted by molar-refractivity contribution is 7.88. The van der Waals surface area contributed by atoms with Crippen LogP contribution < -0.4 is 0 Å². The second-order valence-electron chi connectivity index (χ2n) is 5.12. The van der Waals surface area contributed by atoms with E-state index in [9.17, 15) is 17.6 Å². The lowest BCUT2D eigenvalue weighted by molar-refractivity contribution is -0.137. The van der Waals surface area contributed by atoms with Crippen LogP contribution in [0.5, 0.6) is 0 Å². The molecule has 0 radical (unpaired) electrons. The van der Waals surface area contributed by atoms with Crippen molar-refractivity contribution in [1.82, 2.24) is 4.31 Å². The van der Waals surface area contributed by atoms with Crippen molar-refractivity contribution in [2.24, 2.45) is 5.92 Å². The average molecular weight is 336 g/mol. The number of carboxylic acids is 1. The number of benzene rings is 1. The number of hydrogen-bond donors (Lipinski definition) is 1. The molecular weight excluding hydrogens is 321 g/mol. The average Bonchev–Trinajstić information content (AvgIpc) is 3.16. The monoisotopic (exact) mass is 335 g/mol. The molecule has 5 nitrogen and oxygen atoms in total. The molecular formula is C13H15ClFNO4S. The Labute approximate surface area is 127 Å². The summed E-state index contributed by atoms with van der Waals surface area (Å²) in [6, 6.07) is 3.66. The smallest absolute Gasteiger partial charge is 0.318 e. The van der Waals surface area contributed by atoms with Gasteiger partial charge in [0.15, 0.2) is 0 Å². The van der Waals surface area contributed by atoms with E-state index < -0.39 is 34.1 Å². The molecule has 1 fully saturated rings. The molecule has 0 unspecified atom stereocenters. The van der Waals surface area contributed by atoms with E-state index in [1.807, 2.05) is 0 Å². The molecule has 2 rings (SSSR count). The summed E-state index contributed by atoms with van der Waals surface area (Å²) < 4.78 is 39.2. The summed E-state index contributed by atoms with van der Waals surface area (Å²) in [4.78, 5) is 10.8. The first-order valence-corrected chi connectivity index (χ1v) is 8.40. The predicted molar refractivity (Wildman–Crippen MR) is 76.0 cm³/mol. The maximum Gasteiger partial charge on any atom is 0.318 e. The van der Waals surface area contributed by atoms with Gasteiger partial charge in [-0.05, 0) is 37.0 Å². The highest BCUT2D eigenvalue weighted by Crippen LogP contribution is 2.31. The molecule has 1 N–H and O–H groups in total. The maximum atomic E-state index is 13.6. The van der Waals surface area contributed by atoms with Crippen molar-refractivity contribution in [2.75, 3.05) is 13.1 Å². The third-order valence-electron chi connectivity index (χ3n) is 3.21. The molecule has 0 heterocycles. The van der Waals surface area contributed by atoms with Crippen LogP contribution in [0.1, 0.15) is 18.4 Å². The van der Waals surface area contributed by atoms with E-state index >= 15 is 0 Å². The maximum absolute atomic E-state index is 13.6. The van der Waals surface area contributed by atoms with Gasteiger partial charge in [0, 0.05) is 17.1 Å². The lowest BCUT2D eigenvalue weighted by Gasteiger charge is -2.20. The molecule has 0 aromatic heterocycles. The number of nitrogens with zero attached hydrogens (tertiary/aromatic N) is 1. The molecule has 21 heavy (non-hydrogen) atoms. The van der Waals surface area contributed by atoms with Gasteiger partial charge in [0.1, 0.15) is 12.4 Å². The molecule has 116 valence electrons. The fraction of sp³-hybridized carbons (Fsp3) is 0.462. The number of hydrogen-bond acceptors (Lipinski definition) is 3. The van der Waals surface area contributed by atoms with E-state index in [0.717, 1.165) is 23.2 Å². The molecule has 1 aromatic carbocycles. The molecule has 1 aliphatic carbocycles. The second-order valence-corrected chi connectivity index (χ2v) is 7.53. The van der Waals surface area contributed by atoms with Crippen LogP contribution >= 0.6 is 11.6 Å². The quantitative estimate of drug-likeness (QED) is 0.828. The van der Waals surface area contributed by atoms with Gasteiger partial charge in [-0.1, -0.05) is 11.6 Å². The summed E-state index contributed by atoms with van der Waals surface area (Å²) in [6.45, 7) is -0.447. The van der Waals surface area contributed by atoms with Crippen molar-refractivity contribution >= 4 is 27.6 Å². The van der Waals surface area contributed by atoms with Gasteiger partial charge in [0.05, 0.1) is 5.75 Å². The zero-order chi connectivity index (χ0) is 15.6. The summed E-state index contributed by atoms with van der Waals surface area (Å²) >= 11 is 5.73. The van der Waals surface area contributed by atoms with E-state index in [-0.39, 0.29) is 23.0 Å². The minimum absolute atomic E-state index is 0.0614. The molecule has 0 aliphatic heterocycles. The number of sulfonamides is 1. The standard InChI is InChI=1S/C13H15ClFNO4S/c14-11-3-4-12(15)10(5-11)8-21(19,20)16(7-13(17)18)6-9-1-2-9/h3-5,9H,1-2,6-8H2,(H,17,18). The Balaban J connectivity index is 2.20. The lowest BCUT2D eigenvalue weighted by Crippen LogP contribution is -2.38. The molecule has 1 aromatic rings. The van der Waals surface area contributed by atoms with Crippen LogP contribution in [0.3, 0.4) is 0 Å². The Bertz CT molecular complexity index is 646. The number of rotatable bonds is 7. The Morgan fingerprint density at radius 3 is 2.67 bits per heavy atom. The third kappa shape index (κ3) is 4.66. The topological polar surface area (TPSA) is 74.7 Å². The molecule has 1 saturated carbocycles. The van der Waals surface area contributed by atoms with E-state index in [4.69, 9.17) is 16.7 Å². The van der Waals surface area contributed by atoms with E-state index in [2.05, 4.69) is 0 Å². The summed E-state index contributed by atoms with van der Waals surface area (Å²) in [6.07, 6.45) is 1.77. The minimum Gasteiger partial charge on any atom is -0.480 e. The van der Waals surface area contributed by atoms with Crippen LogP contribution in [0.2, 0.25) is 5.02 Å². The van der Waals surface area contributed by atoms with E-state index in [1.54, 1.807) is 0 Å². The molecule has 0 bridgehead atoms. The zero-order valence-electron chi connectivity index (χ0n) is 11.1. The molecule has 0 atom stereocenters. The first kappa shape index (κ1) is 16.2. The lowest BCUT2D eigenvalue weighted by atomic mass is 10.2. The fourth-order valence-corrected chi connectivity index (χ4v) is 3.69. The van der Waals surface area contributed by atoms with Gasteiger partial charge in [0.2, 0.25) is 10.0 Å². The number of halogens is 2. The molecule has 1 aliphatic rings. The van der Waals surface area contributed by atoms with E-state index in [0.29, 0.717) is 0 Å². The molecule has 0 spiro atoms. The van der Waals surface area contributed by atoms with Crippen molar-refractivity contribution in [3.05, 3.63) is 34.6 Å². The number of aliphatic carboxylic acids is 1. The minimum atomic E-state index is -3.91. The summed E-state index contributed by atoms with van der Waals surface area (Å²) in [7, 11) is -3.91. The van der Waals surface area contributed by atoms with Crippen LogP contribution in [0.15, 0.2) is 18.2 Å². The normalized spacial score (nSPS) is 15.4. The fourth-order valence-electron chi connectivity index (χ4n) is 1.96.